The Morgan fingerprint density at radius 3 is 2.42 bits per heavy atom. The minimum Gasteiger partial charge on any atom is -0.493 e. The number of aryl methyl sites for hydroxylation is 1. The van der Waals surface area contributed by atoms with E-state index in [1.165, 1.54) is 18.5 Å². The van der Waals surface area contributed by atoms with Crippen molar-refractivity contribution in [3.8, 4) is 11.5 Å². The smallest absolute Gasteiger partial charge is 0.259 e. The number of carbonyl (C=O) groups is 1. The summed E-state index contributed by atoms with van der Waals surface area (Å²) in [5.74, 6) is 0.476. The van der Waals surface area contributed by atoms with Gasteiger partial charge in [0.25, 0.3) is 5.91 Å². The summed E-state index contributed by atoms with van der Waals surface area (Å²) in [5, 5.41) is 2.88. The van der Waals surface area contributed by atoms with Gasteiger partial charge in [0, 0.05) is 18.8 Å². The number of rotatable bonds is 6. The minimum atomic E-state index is -3.60. The highest BCUT2D eigenvalue weighted by molar-refractivity contribution is 7.89. The molecule has 4 rings (SSSR count). The van der Waals surface area contributed by atoms with Gasteiger partial charge in [-0.3, -0.25) is 4.79 Å². The lowest BCUT2D eigenvalue weighted by atomic mass is 10.0. The van der Waals surface area contributed by atoms with Crippen LogP contribution < -0.4 is 14.8 Å². The van der Waals surface area contributed by atoms with Gasteiger partial charge in [0.1, 0.15) is 0 Å². The molecule has 0 saturated carbocycles. The second-order valence-electron chi connectivity index (χ2n) is 7.88. The predicted molar refractivity (Wildman–Crippen MR) is 126 cm³/mol. The molecule has 0 unspecified atom stereocenters. The van der Waals surface area contributed by atoms with Crippen LogP contribution in [0.4, 0.5) is 5.69 Å². The summed E-state index contributed by atoms with van der Waals surface area (Å²) in [5.41, 5.74) is 3.87. The van der Waals surface area contributed by atoms with Crippen LogP contribution in [0.5, 0.6) is 11.5 Å². The Kier molecular flexibility index (Phi) is 6.40. The maximum Gasteiger partial charge on any atom is 0.259 e. The molecule has 3 aromatic carbocycles. The van der Waals surface area contributed by atoms with Crippen molar-refractivity contribution >= 4 is 21.6 Å². The van der Waals surface area contributed by atoms with Crippen LogP contribution >= 0.6 is 0 Å². The molecule has 0 saturated heterocycles. The summed E-state index contributed by atoms with van der Waals surface area (Å²) < 4.78 is 38.3. The zero-order chi connectivity index (χ0) is 23.6. The molecule has 172 valence electrons. The number of sulfonamides is 1. The molecule has 7 nitrogen and oxygen atoms in total. The van der Waals surface area contributed by atoms with E-state index in [1.54, 1.807) is 42.5 Å². The van der Waals surface area contributed by atoms with Crippen molar-refractivity contribution in [3.63, 3.8) is 0 Å². The molecule has 0 radical (unpaired) electrons. The number of carbonyl (C=O) groups excluding carboxylic acids is 1. The fourth-order valence-corrected chi connectivity index (χ4v) is 5.36. The average Bonchev–Trinajstić information content (AvgIpc) is 2.83. The number of para-hydroxylation sites is 1. The van der Waals surface area contributed by atoms with Crippen molar-refractivity contribution < 1.29 is 22.7 Å². The van der Waals surface area contributed by atoms with Crippen LogP contribution in [-0.2, 0) is 23.0 Å². The van der Waals surface area contributed by atoms with Gasteiger partial charge in [0.05, 0.1) is 24.7 Å². The number of hydrogen-bond donors (Lipinski definition) is 1. The molecule has 0 bridgehead atoms. The molecular formula is C25H26N2O5S. The minimum absolute atomic E-state index is 0.248. The van der Waals surface area contributed by atoms with E-state index in [2.05, 4.69) is 5.32 Å². The van der Waals surface area contributed by atoms with Crippen molar-refractivity contribution in [2.24, 2.45) is 0 Å². The summed E-state index contributed by atoms with van der Waals surface area (Å²) in [7, 11) is -0.605. The van der Waals surface area contributed by atoms with E-state index in [0.29, 0.717) is 35.7 Å². The summed E-state index contributed by atoms with van der Waals surface area (Å²) in [6.45, 7) is 2.58. The first-order valence-electron chi connectivity index (χ1n) is 10.5. The number of hydrogen-bond acceptors (Lipinski definition) is 5. The molecule has 1 aliphatic rings. The Balaban J connectivity index is 1.56. The Bertz CT molecular complexity index is 1290. The van der Waals surface area contributed by atoms with Crippen LogP contribution in [0.15, 0.2) is 65.6 Å². The molecule has 1 aliphatic heterocycles. The van der Waals surface area contributed by atoms with E-state index in [0.717, 1.165) is 16.7 Å². The van der Waals surface area contributed by atoms with Crippen LogP contribution in [0, 0.1) is 6.92 Å². The molecule has 33 heavy (non-hydrogen) atoms. The van der Waals surface area contributed by atoms with Crippen LogP contribution in [0.2, 0.25) is 0 Å². The van der Waals surface area contributed by atoms with Gasteiger partial charge >= 0.3 is 0 Å². The lowest BCUT2D eigenvalue weighted by Crippen LogP contribution is -2.36. The van der Waals surface area contributed by atoms with E-state index >= 15 is 0 Å². The maximum absolute atomic E-state index is 13.1. The number of fused-ring (bicyclic) bond motifs is 1. The van der Waals surface area contributed by atoms with Crippen LogP contribution in [0.3, 0.4) is 0 Å². The first-order valence-corrected chi connectivity index (χ1v) is 12.0. The largest absolute Gasteiger partial charge is 0.493 e. The molecule has 0 atom stereocenters. The van der Waals surface area contributed by atoms with Crippen molar-refractivity contribution in [2.45, 2.75) is 24.8 Å². The fraction of sp³-hybridized carbons (Fsp3) is 0.240. The number of nitrogens with one attached hydrogen (secondary N) is 1. The van der Waals surface area contributed by atoms with Crippen molar-refractivity contribution in [1.29, 1.82) is 0 Å². The van der Waals surface area contributed by atoms with Gasteiger partial charge in [-0.2, -0.15) is 4.31 Å². The van der Waals surface area contributed by atoms with E-state index < -0.39 is 10.0 Å². The lowest BCUT2D eigenvalue weighted by Gasteiger charge is -2.28. The van der Waals surface area contributed by atoms with Crippen molar-refractivity contribution in [3.05, 3.63) is 82.9 Å². The SMILES string of the molecule is COc1cccc(C(=O)Nc2ccc3c(c2)CN(S(=O)(=O)c2ccc(C)cc2)CC3)c1OC. The van der Waals surface area contributed by atoms with Gasteiger partial charge in [-0.25, -0.2) is 8.42 Å². The molecule has 3 aromatic rings. The van der Waals surface area contributed by atoms with Gasteiger partial charge in [-0.1, -0.05) is 29.8 Å². The number of methoxy groups -OCH3 is 2. The first kappa shape index (κ1) is 22.8. The monoisotopic (exact) mass is 466 g/mol. The molecular weight excluding hydrogens is 440 g/mol. The van der Waals surface area contributed by atoms with E-state index in [1.807, 2.05) is 25.1 Å². The maximum atomic E-state index is 13.1. The van der Waals surface area contributed by atoms with Gasteiger partial charge in [0.15, 0.2) is 11.5 Å². The molecule has 0 fully saturated rings. The third-order valence-electron chi connectivity index (χ3n) is 5.75. The summed E-state index contributed by atoms with van der Waals surface area (Å²) >= 11 is 0. The molecule has 1 N–H and O–H groups in total. The van der Waals surface area contributed by atoms with Gasteiger partial charge in [-0.05, 0) is 60.9 Å². The predicted octanol–water partition coefficient (Wildman–Crippen LogP) is 4.01. The Morgan fingerprint density at radius 1 is 0.970 bits per heavy atom. The van der Waals surface area contributed by atoms with Crippen LogP contribution in [0.1, 0.15) is 27.0 Å². The van der Waals surface area contributed by atoms with Crippen molar-refractivity contribution in [2.75, 3.05) is 26.1 Å². The summed E-state index contributed by atoms with van der Waals surface area (Å²) in [6.07, 6.45) is 0.609. The molecule has 0 spiro atoms. The topological polar surface area (TPSA) is 84.9 Å². The second kappa shape index (κ2) is 9.25. The molecule has 0 aliphatic carbocycles. The third kappa shape index (κ3) is 4.58. The normalized spacial score (nSPS) is 13.8. The van der Waals surface area contributed by atoms with E-state index in [9.17, 15) is 13.2 Å². The number of ether oxygens (including phenoxy) is 2. The third-order valence-corrected chi connectivity index (χ3v) is 7.61. The zero-order valence-corrected chi connectivity index (χ0v) is 19.6. The molecule has 1 heterocycles. The molecule has 1 amide bonds. The quantitative estimate of drug-likeness (QED) is 0.593. The summed E-state index contributed by atoms with van der Waals surface area (Å²) in [4.78, 5) is 13.2. The zero-order valence-electron chi connectivity index (χ0n) is 18.8. The standard InChI is InChI=1S/C25H26N2O5S/c1-17-7-11-21(12-8-17)33(29,30)27-14-13-18-9-10-20(15-19(18)16-27)26-25(28)22-5-4-6-23(31-2)24(22)32-3/h4-12,15H,13-14,16H2,1-3H3,(H,26,28). The van der Waals surface area contributed by atoms with E-state index in [4.69, 9.17) is 9.47 Å². The Labute approximate surface area is 194 Å². The average molecular weight is 467 g/mol. The van der Waals surface area contributed by atoms with Gasteiger partial charge < -0.3 is 14.8 Å². The fourth-order valence-electron chi connectivity index (χ4n) is 3.94. The number of anilines is 1. The Morgan fingerprint density at radius 2 is 1.73 bits per heavy atom. The van der Waals surface area contributed by atoms with Gasteiger partial charge in [0.2, 0.25) is 10.0 Å². The second-order valence-corrected chi connectivity index (χ2v) is 9.82. The van der Waals surface area contributed by atoms with Gasteiger partial charge in [-0.15, -0.1) is 0 Å². The van der Waals surface area contributed by atoms with Crippen LogP contribution in [0.25, 0.3) is 0 Å². The number of nitrogens with zero attached hydrogens (tertiary/aromatic N) is 1. The molecule has 8 heteroatoms. The highest BCUT2D eigenvalue weighted by atomic mass is 32.2. The van der Waals surface area contributed by atoms with E-state index in [-0.39, 0.29) is 17.3 Å². The highest BCUT2D eigenvalue weighted by Gasteiger charge is 2.28. The van der Waals surface area contributed by atoms with Crippen molar-refractivity contribution in [1.82, 2.24) is 4.31 Å². The highest BCUT2D eigenvalue weighted by Crippen LogP contribution is 2.32. The first-order chi connectivity index (χ1) is 15.8. The lowest BCUT2D eigenvalue weighted by molar-refractivity contribution is 0.102. The number of benzene rings is 3. The van der Waals surface area contributed by atoms with Crippen LogP contribution in [-0.4, -0.2) is 39.4 Å². The number of amides is 1. The summed E-state index contributed by atoms with van der Waals surface area (Å²) in [6, 6.07) is 17.6. The molecule has 0 aromatic heterocycles. The Hall–Kier alpha value is -3.36.